The number of morpholine rings is 1. The number of pyridine rings is 1. The maximum Gasteiger partial charge on any atom is 0.410 e. The zero-order valence-electron chi connectivity index (χ0n) is 14.3. The van der Waals surface area contributed by atoms with Gasteiger partial charge in [-0.25, -0.2) is 4.79 Å². The first kappa shape index (κ1) is 17.9. The van der Waals surface area contributed by atoms with Crippen LogP contribution in [0.3, 0.4) is 0 Å². The third-order valence-corrected chi connectivity index (χ3v) is 4.03. The zero-order chi connectivity index (χ0) is 18.2. The molecule has 1 N–H and O–H groups in total. The molecule has 0 spiro atoms. The van der Waals surface area contributed by atoms with Crippen molar-refractivity contribution in [1.29, 1.82) is 0 Å². The maximum absolute atomic E-state index is 12.2. The molecule has 2 heterocycles. The SMILES string of the molecule is O=C(NCC1CN(C(=O)OCc2ccccc2)CCO1)c1ccncc1. The van der Waals surface area contributed by atoms with Gasteiger partial charge in [0.15, 0.2) is 0 Å². The summed E-state index contributed by atoms with van der Waals surface area (Å²) in [5.41, 5.74) is 1.48. The molecule has 1 aromatic heterocycles. The second-order valence-corrected chi connectivity index (χ2v) is 5.92. The van der Waals surface area contributed by atoms with Crippen molar-refractivity contribution in [2.45, 2.75) is 12.7 Å². The van der Waals surface area contributed by atoms with Crippen molar-refractivity contribution in [1.82, 2.24) is 15.2 Å². The van der Waals surface area contributed by atoms with Crippen molar-refractivity contribution >= 4 is 12.0 Å². The lowest BCUT2D eigenvalue weighted by Gasteiger charge is -2.32. The number of amides is 2. The van der Waals surface area contributed by atoms with Crippen LogP contribution in [0, 0.1) is 0 Å². The van der Waals surface area contributed by atoms with Crippen LogP contribution in [-0.2, 0) is 16.1 Å². The van der Waals surface area contributed by atoms with Gasteiger partial charge in [0.1, 0.15) is 6.61 Å². The minimum atomic E-state index is -0.373. The van der Waals surface area contributed by atoms with Crippen LogP contribution < -0.4 is 5.32 Å². The Hall–Kier alpha value is -2.93. The van der Waals surface area contributed by atoms with E-state index in [1.54, 1.807) is 29.4 Å². The molecule has 7 heteroatoms. The molecule has 2 amide bonds. The first-order valence-corrected chi connectivity index (χ1v) is 8.48. The molecule has 1 atom stereocenters. The highest BCUT2D eigenvalue weighted by Crippen LogP contribution is 2.09. The molecule has 0 saturated carbocycles. The standard InChI is InChI=1S/C19H21N3O4/c23-18(16-6-8-20-9-7-16)21-12-17-13-22(10-11-25-17)19(24)26-14-15-4-2-1-3-5-15/h1-9,17H,10-14H2,(H,21,23). The second-order valence-electron chi connectivity index (χ2n) is 5.92. The van der Waals surface area contributed by atoms with E-state index < -0.39 is 0 Å². The fourth-order valence-electron chi connectivity index (χ4n) is 2.63. The fraction of sp³-hybridized carbons (Fsp3) is 0.316. The van der Waals surface area contributed by atoms with E-state index in [1.807, 2.05) is 30.3 Å². The van der Waals surface area contributed by atoms with Gasteiger partial charge in [0.2, 0.25) is 0 Å². The number of aromatic nitrogens is 1. The van der Waals surface area contributed by atoms with E-state index in [1.165, 1.54) is 0 Å². The highest BCUT2D eigenvalue weighted by Gasteiger charge is 2.25. The number of nitrogens with zero attached hydrogens (tertiary/aromatic N) is 2. The Bertz CT molecular complexity index is 724. The number of nitrogens with one attached hydrogen (secondary N) is 1. The zero-order valence-corrected chi connectivity index (χ0v) is 14.3. The Morgan fingerprint density at radius 1 is 1.19 bits per heavy atom. The Balaban J connectivity index is 1.44. The minimum Gasteiger partial charge on any atom is -0.445 e. The van der Waals surface area contributed by atoms with E-state index in [2.05, 4.69) is 10.3 Å². The van der Waals surface area contributed by atoms with Crippen molar-refractivity contribution in [3.63, 3.8) is 0 Å². The maximum atomic E-state index is 12.2. The largest absolute Gasteiger partial charge is 0.445 e. The van der Waals surface area contributed by atoms with Gasteiger partial charge >= 0.3 is 6.09 Å². The predicted octanol–water partition coefficient (Wildman–Crippen LogP) is 1.85. The molecule has 0 aliphatic carbocycles. The van der Waals surface area contributed by atoms with Crippen molar-refractivity contribution in [3.05, 3.63) is 66.0 Å². The van der Waals surface area contributed by atoms with Crippen LogP contribution >= 0.6 is 0 Å². The average Bonchev–Trinajstić information content (AvgIpc) is 2.72. The molecule has 2 aromatic rings. The molecular formula is C19H21N3O4. The van der Waals surface area contributed by atoms with Gasteiger partial charge < -0.3 is 19.7 Å². The molecule has 0 radical (unpaired) electrons. The Morgan fingerprint density at radius 3 is 2.73 bits per heavy atom. The summed E-state index contributed by atoms with van der Waals surface area (Å²) in [4.78, 5) is 29.8. The van der Waals surface area contributed by atoms with Crippen LogP contribution in [0.25, 0.3) is 0 Å². The first-order valence-electron chi connectivity index (χ1n) is 8.48. The molecule has 0 bridgehead atoms. The molecule has 1 unspecified atom stereocenters. The number of carbonyl (C=O) groups is 2. The number of rotatable bonds is 5. The summed E-state index contributed by atoms with van der Waals surface area (Å²) in [6.45, 7) is 1.83. The van der Waals surface area contributed by atoms with E-state index in [4.69, 9.17) is 9.47 Å². The monoisotopic (exact) mass is 355 g/mol. The number of benzene rings is 1. The average molecular weight is 355 g/mol. The molecule has 1 aliphatic rings. The summed E-state index contributed by atoms with van der Waals surface area (Å²) in [7, 11) is 0. The van der Waals surface area contributed by atoms with E-state index in [0.717, 1.165) is 5.56 Å². The Kier molecular flexibility index (Phi) is 6.16. The van der Waals surface area contributed by atoms with Gasteiger partial charge in [-0.3, -0.25) is 9.78 Å². The topological polar surface area (TPSA) is 80.8 Å². The summed E-state index contributed by atoms with van der Waals surface area (Å²) in [6.07, 6.45) is 2.49. The minimum absolute atomic E-state index is 0.195. The molecule has 3 rings (SSSR count). The van der Waals surface area contributed by atoms with Crippen molar-refractivity contribution in [2.24, 2.45) is 0 Å². The van der Waals surface area contributed by atoms with Crippen LogP contribution in [0.2, 0.25) is 0 Å². The molecule has 1 saturated heterocycles. The number of carbonyl (C=O) groups excluding carboxylic acids is 2. The van der Waals surface area contributed by atoms with Gasteiger partial charge in [-0.15, -0.1) is 0 Å². The number of ether oxygens (including phenoxy) is 2. The van der Waals surface area contributed by atoms with E-state index in [-0.39, 0.29) is 24.7 Å². The number of hydrogen-bond acceptors (Lipinski definition) is 5. The van der Waals surface area contributed by atoms with Crippen LogP contribution in [0.1, 0.15) is 15.9 Å². The molecule has 1 aromatic carbocycles. The lowest BCUT2D eigenvalue weighted by Crippen LogP contribution is -2.49. The van der Waals surface area contributed by atoms with Crippen molar-refractivity contribution in [3.8, 4) is 0 Å². The summed E-state index contributed by atoms with van der Waals surface area (Å²) in [5, 5.41) is 2.82. The summed E-state index contributed by atoms with van der Waals surface area (Å²) in [5.74, 6) is -0.195. The van der Waals surface area contributed by atoms with Crippen molar-refractivity contribution in [2.75, 3.05) is 26.2 Å². The normalized spacial score (nSPS) is 16.8. The smallest absolute Gasteiger partial charge is 0.410 e. The van der Waals surface area contributed by atoms with Crippen LogP contribution in [0.15, 0.2) is 54.9 Å². The lowest BCUT2D eigenvalue weighted by molar-refractivity contribution is -0.0263. The molecule has 7 nitrogen and oxygen atoms in total. The van der Waals surface area contributed by atoms with Gasteiger partial charge in [-0.05, 0) is 17.7 Å². The third-order valence-electron chi connectivity index (χ3n) is 4.03. The predicted molar refractivity (Wildman–Crippen MR) is 94.5 cm³/mol. The summed E-state index contributed by atoms with van der Waals surface area (Å²) < 4.78 is 11.0. The van der Waals surface area contributed by atoms with Crippen LogP contribution in [0.4, 0.5) is 4.79 Å². The van der Waals surface area contributed by atoms with Crippen molar-refractivity contribution < 1.29 is 19.1 Å². The molecular weight excluding hydrogens is 334 g/mol. The molecule has 1 aliphatic heterocycles. The summed E-state index contributed by atoms with van der Waals surface area (Å²) in [6, 6.07) is 12.8. The quantitative estimate of drug-likeness (QED) is 0.885. The van der Waals surface area contributed by atoms with Crippen LogP contribution in [-0.4, -0.2) is 54.2 Å². The Labute approximate surface area is 151 Å². The number of hydrogen-bond donors (Lipinski definition) is 1. The molecule has 136 valence electrons. The fourth-order valence-corrected chi connectivity index (χ4v) is 2.63. The Morgan fingerprint density at radius 2 is 1.96 bits per heavy atom. The van der Waals surface area contributed by atoms with Gasteiger partial charge in [0.25, 0.3) is 5.91 Å². The highest BCUT2D eigenvalue weighted by atomic mass is 16.6. The van der Waals surface area contributed by atoms with Gasteiger partial charge in [-0.1, -0.05) is 30.3 Å². The lowest BCUT2D eigenvalue weighted by atomic mass is 10.2. The summed E-state index contributed by atoms with van der Waals surface area (Å²) >= 11 is 0. The molecule has 26 heavy (non-hydrogen) atoms. The van der Waals surface area contributed by atoms with E-state index in [0.29, 0.717) is 31.8 Å². The first-order chi connectivity index (χ1) is 12.7. The second kappa shape index (κ2) is 8.96. The van der Waals surface area contributed by atoms with E-state index in [9.17, 15) is 9.59 Å². The van der Waals surface area contributed by atoms with Crippen LogP contribution in [0.5, 0.6) is 0 Å². The highest BCUT2D eigenvalue weighted by molar-refractivity contribution is 5.93. The van der Waals surface area contributed by atoms with Gasteiger partial charge in [0.05, 0.1) is 19.3 Å². The van der Waals surface area contributed by atoms with E-state index >= 15 is 0 Å². The third kappa shape index (κ3) is 5.03. The molecule has 1 fully saturated rings. The van der Waals surface area contributed by atoms with Gasteiger partial charge in [0, 0.05) is 31.0 Å². The van der Waals surface area contributed by atoms with Gasteiger partial charge in [-0.2, -0.15) is 0 Å².